The Morgan fingerprint density at radius 1 is 1.00 bits per heavy atom. The van der Waals surface area contributed by atoms with Crippen LogP contribution in [0.1, 0.15) is 16.7 Å². The van der Waals surface area contributed by atoms with Crippen LogP contribution in [0.5, 0.6) is 5.75 Å². The second-order valence-electron chi connectivity index (χ2n) is 4.07. The summed E-state index contributed by atoms with van der Waals surface area (Å²) >= 11 is 0. The quantitative estimate of drug-likeness (QED) is 0.482. The fraction of sp³-hybridized carbons (Fsp3) is 0.133. The molecule has 18 heavy (non-hydrogen) atoms. The molecule has 2 nitrogen and oxygen atoms in total. The molecule has 0 unspecified atom stereocenters. The van der Waals surface area contributed by atoms with Crippen molar-refractivity contribution >= 4 is 11.9 Å². The Morgan fingerprint density at radius 3 is 2.44 bits per heavy atom. The molecule has 2 rings (SSSR count). The molecule has 0 bridgehead atoms. The molecule has 86 valence electrons. The molecule has 2 aromatic carbocycles. The first-order valence-corrected chi connectivity index (χ1v) is 5.60. The van der Waals surface area contributed by atoms with Gasteiger partial charge in [-0.25, -0.2) is 4.99 Å². The second kappa shape index (κ2) is 6.44. The summed E-state index contributed by atoms with van der Waals surface area (Å²) in [6, 6.07) is 13.1. The van der Waals surface area contributed by atoms with Gasteiger partial charge in [0.25, 0.3) is 0 Å². The van der Waals surface area contributed by atoms with E-state index in [2.05, 4.69) is 24.9 Å². The zero-order valence-corrected chi connectivity index (χ0v) is 11.0. The Kier molecular flexibility index (Phi) is 5.21. The van der Waals surface area contributed by atoms with Crippen LogP contribution in [0.2, 0.25) is 0 Å². The SMILES string of the molecule is Cc1cccc([NH+]=Cc2ccccc2[O-])c1C.[Li+]. The predicted octanol–water partition coefficient (Wildman–Crippen LogP) is -1.79. The van der Waals surface area contributed by atoms with E-state index in [4.69, 9.17) is 0 Å². The fourth-order valence-electron chi connectivity index (χ4n) is 1.66. The van der Waals surface area contributed by atoms with E-state index < -0.39 is 0 Å². The Morgan fingerprint density at radius 2 is 1.72 bits per heavy atom. The van der Waals surface area contributed by atoms with Crippen molar-refractivity contribution in [2.24, 2.45) is 0 Å². The van der Waals surface area contributed by atoms with Gasteiger partial charge in [0, 0.05) is 17.2 Å². The first-order chi connectivity index (χ1) is 8.18. The molecule has 0 atom stereocenters. The third-order valence-electron chi connectivity index (χ3n) is 2.91. The van der Waals surface area contributed by atoms with Crippen LogP contribution >= 0.6 is 0 Å². The maximum absolute atomic E-state index is 11.5. The minimum atomic E-state index is 0. The molecule has 0 saturated heterocycles. The van der Waals surface area contributed by atoms with Crippen LogP contribution in [0.3, 0.4) is 0 Å². The Hall–Kier alpha value is -1.49. The molecule has 2 aromatic rings. The van der Waals surface area contributed by atoms with E-state index in [1.165, 1.54) is 11.1 Å². The molecular weight excluding hydrogens is 217 g/mol. The average molecular weight is 232 g/mol. The number of rotatable bonds is 2. The standard InChI is InChI=1S/C15H15NO.Li/c1-11-6-5-8-14(12(11)2)16-10-13-7-3-4-9-15(13)17;/h3-10,17H,1-2H3;/q;+1. The van der Waals surface area contributed by atoms with Crippen molar-refractivity contribution in [1.82, 2.24) is 0 Å². The molecule has 0 saturated carbocycles. The summed E-state index contributed by atoms with van der Waals surface area (Å²) in [5.41, 5.74) is 4.15. The first-order valence-electron chi connectivity index (χ1n) is 5.60. The van der Waals surface area contributed by atoms with E-state index in [9.17, 15) is 5.11 Å². The van der Waals surface area contributed by atoms with Crippen molar-refractivity contribution in [3.8, 4) is 5.75 Å². The van der Waals surface area contributed by atoms with Crippen LogP contribution in [0.4, 0.5) is 5.69 Å². The molecule has 0 aliphatic carbocycles. The van der Waals surface area contributed by atoms with Gasteiger partial charge in [-0.1, -0.05) is 36.1 Å². The molecule has 0 fully saturated rings. The van der Waals surface area contributed by atoms with Crippen molar-refractivity contribution in [2.75, 3.05) is 0 Å². The van der Waals surface area contributed by atoms with Gasteiger partial charge in [-0.05, 0) is 25.5 Å². The topological polar surface area (TPSA) is 37.0 Å². The van der Waals surface area contributed by atoms with Gasteiger partial charge < -0.3 is 5.11 Å². The normalized spacial score (nSPS) is 10.3. The third kappa shape index (κ3) is 3.26. The molecule has 1 N–H and O–H groups in total. The molecule has 3 heteroatoms. The first kappa shape index (κ1) is 14.6. The Labute approximate surface area is 120 Å². The summed E-state index contributed by atoms with van der Waals surface area (Å²) in [5.74, 6) is 0.0327. The molecule has 0 aliphatic rings. The molecule has 0 radical (unpaired) electrons. The van der Waals surface area contributed by atoms with E-state index >= 15 is 0 Å². The summed E-state index contributed by atoms with van der Waals surface area (Å²) in [5, 5.41) is 11.5. The molecule has 0 aliphatic heterocycles. The van der Waals surface area contributed by atoms with Gasteiger partial charge in [-0.15, -0.1) is 0 Å². The zero-order chi connectivity index (χ0) is 12.3. The monoisotopic (exact) mass is 232 g/mol. The van der Waals surface area contributed by atoms with E-state index in [0.717, 1.165) is 5.69 Å². The van der Waals surface area contributed by atoms with Gasteiger partial charge in [0.15, 0.2) is 6.21 Å². The second-order valence-corrected chi connectivity index (χ2v) is 4.07. The summed E-state index contributed by atoms with van der Waals surface area (Å²) < 4.78 is 0. The van der Waals surface area contributed by atoms with Crippen LogP contribution in [0, 0.1) is 13.8 Å². The Bertz CT molecular complexity index is 564. The van der Waals surface area contributed by atoms with Gasteiger partial charge in [0.1, 0.15) is 0 Å². The van der Waals surface area contributed by atoms with Gasteiger partial charge >= 0.3 is 18.9 Å². The summed E-state index contributed by atoms with van der Waals surface area (Å²) in [6.07, 6.45) is 1.75. The van der Waals surface area contributed by atoms with Crippen LogP contribution < -0.4 is 29.0 Å². The average Bonchev–Trinajstić information content (AvgIpc) is 2.33. The number of nitrogens with one attached hydrogen (secondary N) is 1. The molecule has 0 aromatic heterocycles. The van der Waals surface area contributed by atoms with Gasteiger partial charge in [0.05, 0.1) is 0 Å². The fourth-order valence-corrected chi connectivity index (χ4v) is 1.66. The van der Waals surface area contributed by atoms with Crippen LogP contribution in [0.15, 0.2) is 42.5 Å². The third-order valence-corrected chi connectivity index (χ3v) is 2.91. The van der Waals surface area contributed by atoms with Gasteiger partial charge in [0.2, 0.25) is 5.69 Å². The largest absolute Gasteiger partial charge is 1.00 e. The van der Waals surface area contributed by atoms with Crippen LogP contribution in [-0.2, 0) is 0 Å². The smallest absolute Gasteiger partial charge is 0.872 e. The predicted molar refractivity (Wildman–Crippen MR) is 67.6 cm³/mol. The van der Waals surface area contributed by atoms with Crippen molar-refractivity contribution < 1.29 is 29.0 Å². The number of hydrogen-bond acceptors (Lipinski definition) is 1. The molecule has 0 amide bonds. The number of aryl methyl sites for hydroxylation is 1. The summed E-state index contributed by atoms with van der Waals surface area (Å²) in [7, 11) is 0. The van der Waals surface area contributed by atoms with E-state index in [1.807, 2.05) is 18.2 Å². The minimum Gasteiger partial charge on any atom is -0.872 e. The van der Waals surface area contributed by atoms with Crippen LogP contribution in [-0.4, -0.2) is 6.21 Å². The number of para-hydroxylation sites is 1. The number of hydrogen-bond donors (Lipinski definition) is 1. The van der Waals surface area contributed by atoms with E-state index in [1.54, 1.807) is 24.4 Å². The molecular formula is C15H15LiNO+. The van der Waals surface area contributed by atoms with Crippen molar-refractivity contribution in [3.05, 3.63) is 59.2 Å². The summed E-state index contributed by atoms with van der Waals surface area (Å²) in [6.45, 7) is 4.14. The van der Waals surface area contributed by atoms with Crippen molar-refractivity contribution in [1.29, 1.82) is 0 Å². The van der Waals surface area contributed by atoms with Crippen molar-refractivity contribution in [2.45, 2.75) is 13.8 Å². The molecule has 0 heterocycles. The maximum atomic E-state index is 11.5. The van der Waals surface area contributed by atoms with Crippen molar-refractivity contribution in [3.63, 3.8) is 0 Å². The zero-order valence-electron chi connectivity index (χ0n) is 11.0. The summed E-state index contributed by atoms with van der Waals surface area (Å²) in [4.78, 5) is 3.19. The molecule has 0 spiro atoms. The Balaban J connectivity index is 0.00000162. The van der Waals surface area contributed by atoms with E-state index in [-0.39, 0.29) is 24.6 Å². The number of benzene rings is 2. The van der Waals surface area contributed by atoms with E-state index in [0.29, 0.717) is 5.56 Å². The van der Waals surface area contributed by atoms with Gasteiger partial charge in [-0.3, -0.25) is 0 Å². The van der Waals surface area contributed by atoms with Crippen LogP contribution in [0.25, 0.3) is 0 Å². The maximum Gasteiger partial charge on any atom is 1.00 e. The minimum absolute atomic E-state index is 0. The van der Waals surface area contributed by atoms with Gasteiger partial charge in [-0.2, -0.15) is 0 Å².